The smallest absolute Gasteiger partial charge is 0.303 e. The molecule has 0 bridgehead atoms. The first kappa shape index (κ1) is 17.6. The van der Waals surface area contributed by atoms with E-state index in [1.54, 1.807) is 0 Å². The highest BCUT2D eigenvalue weighted by molar-refractivity contribution is 7.99. The Labute approximate surface area is 130 Å². The topological polar surface area (TPSA) is 66.4 Å². The Bertz CT molecular complexity index is 445. The maximum Gasteiger partial charge on any atom is 0.303 e. The molecule has 4 nitrogen and oxygen atoms in total. The Hall–Kier alpha value is -1.49. The minimum Gasteiger partial charge on any atom is -0.481 e. The second-order valence-electron chi connectivity index (χ2n) is 4.85. The van der Waals surface area contributed by atoms with E-state index in [-0.39, 0.29) is 12.3 Å². The summed E-state index contributed by atoms with van der Waals surface area (Å²) in [6.45, 7) is 2.16. The minimum absolute atomic E-state index is 0.0253. The third-order valence-electron chi connectivity index (χ3n) is 2.98. The molecule has 0 spiro atoms. The molecule has 0 saturated heterocycles. The first-order valence-electron chi connectivity index (χ1n) is 7.30. The number of carbonyl (C=O) groups excluding carboxylic acids is 1. The zero-order valence-electron chi connectivity index (χ0n) is 12.4. The van der Waals surface area contributed by atoms with E-state index in [0.717, 1.165) is 22.8 Å². The number of benzene rings is 1. The number of rotatable bonds is 10. The van der Waals surface area contributed by atoms with Crippen LogP contribution in [0, 0.1) is 0 Å². The van der Waals surface area contributed by atoms with Gasteiger partial charge in [-0.3, -0.25) is 9.59 Å². The molecule has 0 heterocycles. The molecule has 5 heteroatoms. The van der Waals surface area contributed by atoms with Crippen molar-refractivity contribution >= 4 is 29.3 Å². The molecule has 0 aliphatic carbocycles. The molecule has 1 rings (SSSR count). The molecule has 0 radical (unpaired) electrons. The van der Waals surface area contributed by atoms with Gasteiger partial charge in [-0.2, -0.15) is 11.8 Å². The van der Waals surface area contributed by atoms with E-state index in [1.807, 2.05) is 36.0 Å². The van der Waals surface area contributed by atoms with Gasteiger partial charge < -0.3 is 10.4 Å². The van der Waals surface area contributed by atoms with Gasteiger partial charge in [0.1, 0.15) is 0 Å². The maximum absolute atomic E-state index is 11.7. The summed E-state index contributed by atoms with van der Waals surface area (Å²) in [6, 6.07) is 7.35. The number of hydrogen-bond donors (Lipinski definition) is 2. The Balaban J connectivity index is 2.27. The molecule has 0 atom stereocenters. The zero-order chi connectivity index (χ0) is 15.5. The van der Waals surface area contributed by atoms with Crippen molar-refractivity contribution < 1.29 is 14.7 Å². The monoisotopic (exact) mass is 309 g/mol. The molecule has 0 aliphatic rings. The van der Waals surface area contributed by atoms with Crippen LogP contribution in [-0.4, -0.2) is 28.5 Å². The number of nitrogens with one attached hydrogen (secondary N) is 1. The molecule has 0 aliphatic heterocycles. The van der Waals surface area contributed by atoms with Gasteiger partial charge in [0.2, 0.25) is 5.91 Å². The summed E-state index contributed by atoms with van der Waals surface area (Å²) in [7, 11) is 0. The predicted octanol–water partition coefficient (Wildman–Crippen LogP) is 3.57. The fourth-order valence-corrected chi connectivity index (χ4v) is 2.77. The Morgan fingerprint density at radius 1 is 1.14 bits per heavy atom. The average Bonchev–Trinajstić information content (AvgIpc) is 2.46. The van der Waals surface area contributed by atoms with E-state index in [9.17, 15) is 9.59 Å². The minimum atomic E-state index is -0.798. The third-order valence-corrected chi connectivity index (χ3v) is 4.05. The Morgan fingerprint density at radius 2 is 1.86 bits per heavy atom. The number of hydrogen-bond acceptors (Lipinski definition) is 3. The first-order chi connectivity index (χ1) is 10.1. The third kappa shape index (κ3) is 8.40. The number of aryl methyl sites for hydroxylation is 1. The van der Waals surface area contributed by atoms with Crippen molar-refractivity contribution in [3.63, 3.8) is 0 Å². The van der Waals surface area contributed by atoms with E-state index < -0.39 is 5.97 Å². The number of carbonyl (C=O) groups is 2. The standard InChI is InChI=1S/C16H23NO3S/c1-2-3-11-21-12-10-15(18)17-14-7-4-13(5-8-14)6-9-16(19)20/h4-5,7-8H,2-3,6,9-12H2,1H3,(H,17,18)(H,19,20). The van der Waals surface area contributed by atoms with Gasteiger partial charge in [0.25, 0.3) is 0 Å². The highest BCUT2D eigenvalue weighted by Crippen LogP contribution is 2.12. The molecule has 0 unspecified atom stereocenters. The number of anilines is 1. The van der Waals surface area contributed by atoms with Crippen LogP contribution in [0.3, 0.4) is 0 Å². The highest BCUT2D eigenvalue weighted by Gasteiger charge is 2.03. The van der Waals surface area contributed by atoms with Crippen LogP contribution in [0.25, 0.3) is 0 Å². The lowest BCUT2D eigenvalue weighted by Crippen LogP contribution is -2.12. The molecule has 0 saturated carbocycles. The molecule has 0 fully saturated rings. The van der Waals surface area contributed by atoms with Gasteiger partial charge in [0.05, 0.1) is 0 Å². The average molecular weight is 309 g/mol. The molecule has 1 aromatic carbocycles. The van der Waals surface area contributed by atoms with Crippen LogP contribution in [-0.2, 0) is 16.0 Å². The van der Waals surface area contributed by atoms with Gasteiger partial charge in [0.15, 0.2) is 0 Å². The molecule has 1 amide bonds. The molecule has 21 heavy (non-hydrogen) atoms. The summed E-state index contributed by atoms with van der Waals surface area (Å²) in [5.74, 6) is 1.19. The summed E-state index contributed by atoms with van der Waals surface area (Å²) in [5.41, 5.74) is 1.73. The van der Waals surface area contributed by atoms with Crippen molar-refractivity contribution in [2.24, 2.45) is 0 Å². The largest absolute Gasteiger partial charge is 0.481 e. The van der Waals surface area contributed by atoms with Crippen LogP contribution >= 0.6 is 11.8 Å². The predicted molar refractivity (Wildman–Crippen MR) is 87.9 cm³/mol. The van der Waals surface area contributed by atoms with Gasteiger partial charge >= 0.3 is 5.97 Å². The molecule has 1 aromatic rings. The fourth-order valence-electron chi connectivity index (χ4n) is 1.74. The van der Waals surface area contributed by atoms with E-state index in [2.05, 4.69) is 12.2 Å². The zero-order valence-corrected chi connectivity index (χ0v) is 13.2. The van der Waals surface area contributed by atoms with Crippen LogP contribution in [0.4, 0.5) is 5.69 Å². The number of aliphatic carboxylic acids is 1. The van der Waals surface area contributed by atoms with E-state index >= 15 is 0 Å². The van der Waals surface area contributed by atoms with Gasteiger partial charge in [-0.25, -0.2) is 0 Å². The number of thioether (sulfide) groups is 1. The van der Waals surface area contributed by atoms with Crippen molar-refractivity contribution in [3.8, 4) is 0 Å². The van der Waals surface area contributed by atoms with E-state index in [1.165, 1.54) is 12.8 Å². The lowest BCUT2D eigenvalue weighted by Gasteiger charge is -2.06. The number of carboxylic acid groups (broad SMARTS) is 1. The lowest BCUT2D eigenvalue weighted by molar-refractivity contribution is -0.137. The molecule has 116 valence electrons. The summed E-state index contributed by atoms with van der Waals surface area (Å²) in [6.07, 6.45) is 3.55. The second-order valence-corrected chi connectivity index (χ2v) is 6.08. The van der Waals surface area contributed by atoms with Crippen molar-refractivity contribution in [1.29, 1.82) is 0 Å². The van der Waals surface area contributed by atoms with Crippen LogP contribution in [0.1, 0.15) is 38.2 Å². The lowest BCUT2D eigenvalue weighted by atomic mass is 10.1. The molecular formula is C16H23NO3S. The number of carboxylic acids is 1. The van der Waals surface area contributed by atoms with Crippen LogP contribution in [0.15, 0.2) is 24.3 Å². The van der Waals surface area contributed by atoms with Crippen molar-refractivity contribution in [2.45, 2.75) is 39.0 Å². The van der Waals surface area contributed by atoms with Crippen LogP contribution < -0.4 is 5.32 Å². The van der Waals surface area contributed by atoms with Crippen molar-refractivity contribution in [2.75, 3.05) is 16.8 Å². The Morgan fingerprint density at radius 3 is 2.48 bits per heavy atom. The maximum atomic E-state index is 11.7. The summed E-state index contributed by atoms with van der Waals surface area (Å²) < 4.78 is 0. The number of amides is 1. The van der Waals surface area contributed by atoms with Gasteiger partial charge in [-0.05, 0) is 36.3 Å². The summed E-state index contributed by atoms with van der Waals surface area (Å²) in [4.78, 5) is 22.2. The quantitative estimate of drug-likeness (QED) is 0.648. The Kier molecular flexibility index (Phi) is 8.59. The van der Waals surface area contributed by atoms with E-state index in [4.69, 9.17) is 5.11 Å². The van der Waals surface area contributed by atoms with Gasteiger partial charge in [-0.15, -0.1) is 0 Å². The first-order valence-corrected chi connectivity index (χ1v) is 8.45. The summed E-state index contributed by atoms with van der Waals surface area (Å²) >= 11 is 1.81. The van der Waals surface area contributed by atoms with E-state index in [0.29, 0.717) is 12.8 Å². The molecule has 0 aromatic heterocycles. The number of unbranched alkanes of at least 4 members (excludes halogenated alkanes) is 1. The molecular weight excluding hydrogens is 286 g/mol. The van der Waals surface area contributed by atoms with Crippen LogP contribution in [0.5, 0.6) is 0 Å². The highest BCUT2D eigenvalue weighted by atomic mass is 32.2. The fraction of sp³-hybridized carbons (Fsp3) is 0.500. The van der Waals surface area contributed by atoms with Gasteiger partial charge in [-0.1, -0.05) is 25.5 Å². The normalized spacial score (nSPS) is 10.3. The van der Waals surface area contributed by atoms with Crippen molar-refractivity contribution in [1.82, 2.24) is 0 Å². The van der Waals surface area contributed by atoms with Gasteiger partial charge in [0, 0.05) is 24.3 Å². The summed E-state index contributed by atoms with van der Waals surface area (Å²) in [5, 5.41) is 11.5. The molecule has 2 N–H and O–H groups in total. The second kappa shape index (κ2) is 10.3. The van der Waals surface area contributed by atoms with Crippen molar-refractivity contribution in [3.05, 3.63) is 29.8 Å². The van der Waals surface area contributed by atoms with Crippen LogP contribution in [0.2, 0.25) is 0 Å². The SMILES string of the molecule is CCCCSCCC(=O)Nc1ccc(CCC(=O)O)cc1.